The first-order valence-corrected chi connectivity index (χ1v) is 10.5. The molecule has 1 atom stereocenters. The van der Waals surface area contributed by atoms with E-state index in [9.17, 15) is 9.59 Å². The highest BCUT2D eigenvalue weighted by atomic mass is 79.9. The second-order valence-corrected chi connectivity index (χ2v) is 7.88. The number of para-hydroxylation sites is 1. The van der Waals surface area contributed by atoms with E-state index >= 15 is 0 Å². The molecule has 0 bridgehead atoms. The van der Waals surface area contributed by atoms with Gasteiger partial charge in [-0.25, -0.2) is 0 Å². The Bertz CT molecular complexity index is 1220. The van der Waals surface area contributed by atoms with Crippen LogP contribution in [0.25, 0.3) is 10.9 Å². The highest BCUT2D eigenvalue weighted by Crippen LogP contribution is 2.24. The van der Waals surface area contributed by atoms with Crippen LogP contribution in [-0.2, 0) is 11.3 Å². The van der Waals surface area contributed by atoms with Gasteiger partial charge in [0.2, 0.25) is 11.3 Å². The lowest BCUT2D eigenvalue weighted by Crippen LogP contribution is -2.30. The van der Waals surface area contributed by atoms with Gasteiger partial charge in [0, 0.05) is 16.3 Å². The Morgan fingerprint density at radius 3 is 2.37 bits per heavy atom. The lowest BCUT2D eigenvalue weighted by atomic mass is 9.98. The fourth-order valence-corrected chi connectivity index (χ4v) is 3.70. The third-order valence-corrected chi connectivity index (χ3v) is 5.48. The van der Waals surface area contributed by atoms with E-state index in [0.717, 1.165) is 21.1 Å². The van der Waals surface area contributed by atoms with Crippen molar-refractivity contribution in [1.29, 1.82) is 0 Å². The van der Waals surface area contributed by atoms with Crippen LogP contribution >= 0.6 is 15.9 Å². The molecule has 0 aliphatic heterocycles. The number of nitrogens with zero attached hydrogens (tertiary/aromatic N) is 2. The number of hydrogen-bond acceptors (Lipinski definition) is 3. The first-order valence-electron chi connectivity index (χ1n) is 9.66. The third-order valence-electron chi connectivity index (χ3n) is 4.95. The molecular formula is C24H20BrN3O2. The minimum absolute atomic E-state index is 0.0867. The van der Waals surface area contributed by atoms with Crippen LogP contribution < -0.4 is 10.7 Å². The maximum atomic E-state index is 12.8. The summed E-state index contributed by atoms with van der Waals surface area (Å²) in [6.45, 7) is 0.383. The highest BCUT2D eigenvalue weighted by Gasteiger charge is 2.17. The second kappa shape index (κ2) is 9.05. The molecule has 4 rings (SSSR count). The van der Waals surface area contributed by atoms with Crippen molar-refractivity contribution >= 4 is 32.7 Å². The molecule has 1 N–H and O–H groups in total. The Morgan fingerprint density at radius 1 is 0.933 bits per heavy atom. The first kappa shape index (κ1) is 20.0. The molecule has 0 spiro atoms. The molecule has 3 aromatic carbocycles. The number of fused-ring (bicyclic) bond motifs is 1. The van der Waals surface area contributed by atoms with E-state index in [0.29, 0.717) is 11.9 Å². The summed E-state index contributed by atoms with van der Waals surface area (Å²) in [7, 11) is 0. The summed E-state index contributed by atoms with van der Waals surface area (Å²) < 4.78 is 2.69. The average molecular weight is 462 g/mol. The van der Waals surface area contributed by atoms with Crippen molar-refractivity contribution in [3.05, 3.63) is 111 Å². The molecule has 1 unspecified atom stereocenters. The van der Waals surface area contributed by atoms with Gasteiger partial charge >= 0.3 is 0 Å². The van der Waals surface area contributed by atoms with Crippen LogP contribution in [0.3, 0.4) is 0 Å². The Labute approximate surface area is 182 Å². The van der Waals surface area contributed by atoms with Crippen LogP contribution in [0.2, 0.25) is 0 Å². The zero-order valence-electron chi connectivity index (χ0n) is 16.2. The van der Waals surface area contributed by atoms with E-state index in [1.807, 2.05) is 72.8 Å². The smallest absolute Gasteiger partial charge is 0.222 e. The maximum absolute atomic E-state index is 12.8. The molecule has 0 aliphatic carbocycles. The van der Waals surface area contributed by atoms with Gasteiger partial charge in [-0.1, -0.05) is 70.5 Å². The minimum atomic E-state index is -0.245. The molecule has 1 amide bonds. The van der Waals surface area contributed by atoms with Gasteiger partial charge in [0.25, 0.3) is 0 Å². The van der Waals surface area contributed by atoms with Gasteiger partial charge in [0.1, 0.15) is 0 Å². The van der Waals surface area contributed by atoms with Crippen molar-refractivity contribution < 1.29 is 4.79 Å². The largest absolute Gasteiger partial charge is 0.345 e. The van der Waals surface area contributed by atoms with Gasteiger partial charge < -0.3 is 5.32 Å². The number of carbonyl (C=O) groups excluding carboxylic acids is 1. The van der Waals surface area contributed by atoms with Gasteiger partial charge in [-0.05, 0) is 35.4 Å². The van der Waals surface area contributed by atoms with E-state index in [4.69, 9.17) is 0 Å². The summed E-state index contributed by atoms with van der Waals surface area (Å²) >= 11 is 3.46. The number of aromatic nitrogens is 2. The molecule has 5 nitrogen and oxygen atoms in total. The van der Waals surface area contributed by atoms with E-state index in [2.05, 4.69) is 26.3 Å². The summed E-state index contributed by atoms with van der Waals surface area (Å²) in [5, 5.41) is 7.95. The SMILES string of the molecule is O=C(CCn1ncc(=O)c2ccccc21)NC(c1ccccc1)c1ccc(Br)cc1. The molecule has 1 aromatic heterocycles. The fourth-order valence-electron chi connectivity index (χ4n) is 3.44. The molecule has 0 saturated heterocycles. The quantitative estimate of drug-likeness (QED) is 0.461. The standard InChI is InChI=1S/C24H20BrN3O2/c25-19-12-10-18(11-13-19)24(17-6-2-1-3-7-17)27-23(30)14-15-28-21-9-5-4-8-20(21)22(29)16-26-28/h1-13,16,24H,14-15H2,(H,27,30). The van der Waals surface area contributed by atoms with Crippen molar-refractivity contribution in [3.63, 3.8) is 0 Å². The Hall–Kier alpha value is -3.25. The summed E-state index contributed by atoms with van der Waals surface area (Å²) in [6.07, 6.45) is 1.55. The van der Waals surface area contributed by atoms with Gasteiger partial charge in [0.05, 0.1) is 24.3 Å². The summed E-state index contributed by atoms with van der Waals surface area (Å²) in [5.41, 5.74) is 2.63. The third kappa shape index (κ3) is 4.49. The Balaban J connectivity index is 1.53. The van der Waals surface area contributed by atoms with Crippen molar-refractivity contribution in [2.45, 2.75) is 19.0 Å². The molecule has 150 valence electrons. The zero-order chi connectivity index (χ0) is 20.9. The molecule has 4 aromatic rings. The summed E-state index contributed by atoms with van der Waals surface area (Å²) in [5.74, 6) is -0.0867. The van der Waals surface area contributed by atoms with Crippen LogP contribution in [0.4, 0.5) is 0 Å². The fraction of sp³-hybridized carbons (Fsp3) is 0.125. The van der Waals surface area contributed by atoms with Gasteiger partial charge in [-0.15, -0.1) is 0 Å². The van der Waals surface area contributed by atoms with Crippen LogP contribution in [0.1, 0.15) is 23.6 Å². The highest BCUT2D eigenvalue weighted by molar-refractivity contribution is 9.10. The normalized spacial score (nSPS) is 11.9. The summed E-state index contributed by atoms with van der Waals surface area (Å²) in [6, 6.07) is 24.9. The molecule has 6 heteroatoms. The number of hydrogen-bond donors (Lipinski definition) is 1. The maximum Gasteiger partial charge on any atom is 0.222 e. The molecule has 0 fully saturated rings. The van der Waals surface area contributed by atoms with Crippen molar-refractivity contribution in [2.24, 2.45) is 0 Å². The number of nitrogens with one attached hydrogen (secondary N) is 1. The first-order chi connectivity index (χ1) is 14.6. The van der Waals surface area contributed by atoms with Crippen molar-refractivity contribution in [2.75, 3.05) is 0 Å². The molecule has 0 radical (unpaired) electrons. The van der Waals surface area contributed by atoms with Gasteiger partial charge in [-0.2, -0.15) is 5.10 Å². The molecule has 0 aliphatic rings. The van der Waals surface area contributed by atoms with Crippen LogP contribution in [0.5, 0.6) is 0 Å². The average Bonchev–Trinajstić information content (AvgIpc) is 2.78. The number of benzene rings is 3. The predicted octanol–water partition coefficient (Wildman–Crippen LogP) is 4.45. The lowest BCUT2D eigenvalue weighted by molar-refractivity contribution is -0.121. The van der Waals surface area contributed by atoms with E-state index < -0.39 is 0 Å². The minimum Gasteiger partial charge on any atom is -0.345 e. The van der Waals surface area contributed by atoms with E-state index in [1.165, 1.54) is 6.20 Å². The van der Waals surface area contributed by atoms with Crippen LogP contribution in [0.15, 0.2) is 94.3 Å². The van der Waals surface area contributed by atoms with Crippen LogP contribution in [-0.4, -0.2) is 15.7 Å². The number of carbonyl (C=O) groups is 1. The van der Waals surface area contributed by atoms with E-state index in [1.54, 1.807) is 10.7 Å². The molecule has 30 heavy (non-hydrogen) atoms. The Kier molecular flexibility index (Phi) is 6.05. The van der Waals surface area contributed by atoms with Gasteiger partial charge in [-0.3, -0.25) is 14.3 Å². The van der Waals surface area contributed by atoms with Gasteiger partial charge in [0.15, 0.2) is 0 Å². The van der Waals surface area contributed by atoms with Crippen molar-refractivity contribution in [1.82, 2.24) is 15.1 Å². The second-order valence-electron chi connectivity index (χ2n) is 6.96. The number of aryl methyl sites for hydroxylation is 1. The zero-order valence-corrected chi connectivity index (χ0v) is 17.7. The molecule has 0 saturated carbocycles. The Morgan fingerprint density at radius 2 is 1.60 bits per heavy atom. The predicted molar refractivity (Wildman–Crippen MR) is 121 cm³/mol. The number of rotatable bonds is 6. The monoisotopic (exact) mass is 461 g/mol. The summed E-state index contributed by atoms with van der Waals surface area (Å²) in [4.78, 5) is 24.8. The number of amides is 1. The van der Waals surface area contributed by atoms with Crippen LogP contribution in [0, 0.1) is 0 Å². The number of halogens is 1. The lowest BCUT2D eigenvalue weighted by Gasteiger charge is -2.20. The van der Waals surface area contributed by atoms with E-state index in [-0.39, 0.29) is 23.8 Å². The molecule has 1 heterocycles. The molecular weight excluding hydrogens is 442 g/mol. The van der Waals surface area contributed by atoms with Crippen molar-refractivity contribution in [3.8, 4) is 0 Å². The topological polar surface area (TPSA) is 64.0 Å².